The van der Waals surface area contributed by atoms with E-state index in [1.807, 2.05) is 0 Å². The number of carbonyl (C=O) groups excluding carboxylic acids is 1. The van der Waals surface area contributed by atoms with Gasteiger partial charge in [0, 0.05) is 6.26 Å². The fourth-order valence-electron chi connectivity index (χ4n) is 0.502. The number of carbonyl (C=O) groups is 1. The first-order valence-electron chi connectivity index (χ1n) is 3.15. The molecular formula is C6H10O5S. The van der Waals surface area contributed by atoms with Crippen molar-refractivity contribution in [3.05, 3.63) is 11.2 Å². The summed E-state index contributed by atoms with van der Waals surface area (Å²) in [5.74, 6) is -1.04. The fourth-order valence-corrected chi connectivity index (χ4v) is 1.06. The largest absolute Gasteiger partial charge is 0.514 e. The standard InChI is InChI=1S/C6H10O5S/c1-3-11-6(8)5(4-7)12(2,9)10/h4,7H,3H2,1-2H3/b5-4+. The lowest BCUT2D eigenvalue weighted by atomic mass is 10.6. The molecule has 0 atom stereocenters. The van der Waals surface area contributed by atoms with E-state index in [4.69, 9.17) is 5.11 Å². The van der Waals surface area contributed by atoms with Crippen LogP contribution < -0.4 is 0 Å². The van der Waals surface area contributed by atoms with Gasteiger partial charge in [-0.2, -0.15) is 0 Å². The molecule has 0 aromatic carbocycles. The van der Waals surface area contributed by atoms with E-state index in [2.05, 4.69) is 4.74 Å². The molecular weight excluding hydrogens is 184 g/mol. The molecule has 70 valence electrons. The number of ether oxygens (including phenoxy) is 1. The predicted molar refractivity (Wildman–Crippen MR) is 42.2 cm³/mol. The molecule has 0 aliphatic heterocycles. The summed E-state index contributed by atoms with van der Waals surface area (Å²) in [6.07, 6.45) is 1.04. The SMILES string of the molecule is CCOC(=O)/C(=C\O)S(C)(=O)=O. The summed E-state index contributed by atoms with van der Waals surface area (Å²) in [5.41, 5.74) is 0. The van der Waals surface area contributed by atoms with E-state index < -0.39 is 20.7 Å². The monoisotopic (exact) mass is 194 g/mol. The summed E-state index contributed by atoms with van der Waals surface area (Å²) in [4.78, 5) is 10.1. The van der Waals surface area contributed by atoms with Crippen LogP contribution in [0, 0.1) is 0 Å². The maximum Gasteiger partial charge on any atom is 0.352 e. The number of aliphatic hydroxyl groups excluding tert-OH is 1. The molecule has 0 amide bonds. The summed E-state index contributed by atoms with van der Waals surface area (Å²) in [6.45, 7) is 1.60. The van der Waals surface area contributed by atoms with Crippen molar-refractivity contribution in [3.8, 4) is 0 Å². The van der Waals surface area contributed by atoms with Crippen molar-refractivity contribution in [1.82, 2.24) is 0 Å². The molecule has 0 aliphatic rings. The molecule has 0 aliphatic carbocycles. The molecule has 5 nitrogen and oxygen atoms in total. The first kappa shape index (κ1) is 11.0. The lowest BCUT2D eigenvalue weighted by molar-refractivity contribution is -0.137. The van der Waals surface area contributed by atoms with Gasteiger partial charge in [-0.3, -0.25) is 0 Å². The topological polar surface area (TPSA) is 80.7 Å². The highest BCUT2D eigenvalue weighted by Crippen LogP contribution is 2.05. The maximum absolute atomic E-state index is 10.8. The van der Waals surface area contributed by atoms with Crippen molar-refractivity contribution in [2.75, 3.05) is 12.9 Å². The maximum atomic E-state index is 10.8. The smallest absolute Gasteiger partial charge is 0.352 e. The van der Waals surface area contributed by atoms with Crippen LogP contribution in [0.1, 0.15) is 6.92 Å². The fraction of sp³-hybridized carbons (Fsp3) is 0.500. The lowest BCUT2D eigenvalue weighted by Gasteiger charge is -2.01. The van der Waals surface area contributed by atoms with Gasteiger partial charge in [0.05, 0.1) is 6.61 Å². The van der Waals surface area contributed by atoms with Crippen LogP contribution in [0.25, 0.3) is 0 Å². The van der Waals surface area contributed by atoms with Gasteiger partial charge >= 0.3 is 5.97 Å². The normalized spacial score (nSPS) is 12.7. The highest BCUT2D eigenvalue weighted by molar-refractivity contribution is 7.95. The molecule has 12 heavy (non-hydrogen) atoms. The predicted octanol–water partition coefficient (Wildman–Crippen LogP) is -0.00650. The van der Waals surface area contributed by atoms with Gasteiger partial charge in [-0.25, -0.2) is 13.2 Å². The number of sulfone groups is 1. The highest BCUT2D eigenvalue weighted by Gasteiger charge is 2.21. The zero-order chi connectivity index (χ0) is 9.78. The van der Waals surface area contributed by atoms with E-state index in [0.29, 0.717) is 0 Å². The summed E-state index contributed by atoms with van der Waals surface area (Å²) in [7, 11) is -3.70. The van der Waals surface area contributed by atoms with Crippen LogP contribution in [0.5, 0.6) is 0 Å². The van der Waals surface area contributed by atoms with Crippen molar-refractivity contribution in [2.24, 2.45) is 0 Å². The second-order valence-electron chi connectivity index (χ2n) is 1.99. The van der Waals surface area contributed by atoms with E-state index in [-0.39, 0.29) is 12.9 Å². The second-order valence-corrected chi connectivity index (χ2v) is 3.97. The van der Waals surface area contributed by atoms with Gasteiger partial charge in [0.2, 0.25) is 0 Å². The van der Waals surface area contributed by atoms with Crippen molar-refractivity contribution in [2.45, 2.75) is 6.92 Å². The number of aliphatic hydroxyl groups is 1. The highest BCUT2D eigenvalue weighted by atomic mass is 32.2. The first-order chi connectivity index (χ1) is 5.43. The van der Waals surface area contributed by atoms with Crippen molar-refractivity contribution in [1.29, 1.82) is 0 Å². The third kappa shape index (κ3) is 2.91. The number of hydrogen-bond acceptors (Lipinski definition) is 5. The van der Waals surface area contributed by atoms with Crippen LogP contribution in [0.2, 0.25) is 0 Å². The molecule has 0 fully saturated rings. The summed E-state index contributed by atoms with van der Waals surface area (Å²) in [6, 6.07) is 0. The minimum Gasteiger partial charge on any atom is -0.514 e. The lowest BCUT2D eigenvalue weighted by Crippen LogP contribution is -2.15. The molecule has 0 heterocycles. The molecule has 0 aromatic heterocycles. The van der Waals surface area contributed by atoms with Crippen LogP contribution >= 0.6 is 0 Å². The molecule has 0 unspecified atom stereocenters. The average molecular weight is 194 g/mol. The van der Waals surface area contributed by atoms with Gasteiger partial charge in [0.1, 0.15) is 6.26 Å². The Bertz CT molecular complexity index is 287. The van der Waals surface area contributed by atoms with E-state index in [9.17, 15) is 13.2 Å². The van der Waals surface area contributed by atoms with Gasteiger partial charge < -0.3 is 9.84 Å². The average Bonchev–Trinajstić information content (AvgIpc) is 1.85. The van der Waals surface area contributed by atoms with Gasteiger partial charge in [-0.05, 0) is 6.92 Å². The van der Waals surface area contributed by atoms with Crippen LogP contribution in [0.15, 0.2) is 11.2 Å². The Morgan fingerprint density at radius 2 is 2.08 bits per heavy atom. The van der Waals surface area contributed by atoms with E-state index in [1.165, 1.54) is 6.92 Å². The zero-order valence-electron chi connectivity index (χ0n) is 6.77. The third-order valence-electron chi connectivity index (χ3n) is 0.993. The third-order valence-corrected chi connectivity index (χ3v) is 2.06. The van der Waals surface area contributed by atoms with Crippen LogP contribution in [0.4, 0.5) is 0 Å². The summed E-state index contributed by atoms with van der Waals surface area (Å²) in [5, 5.41) is 8.42. The molecule has 0 saturated carbocycles. The number of rotatable bonds is 3. The Hall–Kier alpha value is -1.04. The van der Waals surface area contributed by atoms with Crippen molar-refractivity contribution >= 4 is 15.8 Å². The Labute approximate surface area is 70.6 Å². The molecule has 6 heteroatoms. The summed E-state index contributed by atoms with van der Waals surface area (Å²) >= 11 is 0. The van der Waals surface area contributed by atoms with Gasteiger partial charge in [-0.1, -0.05) is 0 Å². The Morgan fingerprint density at radius 1 is 1.58 bits per heavy atom. The Balaban J connectivity index is 4.74. The molecule has 0 aromatic rings. The molecule has 0 saturated heterocycles. The van der Waals surface area contributed by atoms with Crippen molar-refractivity contribution < 1.29 is 23.1 Å². The second kappa shape index (κ2) is 4.10. The Kier molecular flexibility index (Phi) is 3.75. The molecule has 0 bridgehead atoms. The number of esters is 1. The summed E-state index contributed by atoms with van der Waals surface area (Å²) < 4.78 is 25.9. The molecule has 1 N–H and O–H groups in total. The molecule has 0 radical (unpaired) electrons. The van der Waals surface area contributed by atoms with Gasteiger partial charge in [0.25, 0.3) is 0 Å². The number of hydrogen-bond donors (Lipinski definition) is 1. The van der Waals surface area contributed by atoms with Crippen molar-refractivity contribution in [3.63, 3.8) is 0 Å². The van der Waals surface area contributed by atoms with E-state index >= 15 is 0 Å². The molecule has 0 spiro atoms. The van der Waals surface area contributed by atoms with E-state index in [0.717, 1.165) is 6.26 Å². The first-order valence-corrected chi connectivity index (χ1v) is 5.04. The van der Waals surface area contributed by atoms with Crippen LogP contribution in [-0.2, 0) is 19.4 Å². The van der Waals surface area contributed by atoms with Crippen LogP contribution in [0.3, 0.4) is 0 Å². The van der Waals surface area contributed by atoms with Crippen LogP contribution in [-0.4, -0.2) is 32.4 Å². The zero-order valence-corrected chi connectivity index (χ0v) is 7.59. The quantitative estimate of drug-likeness (QED) is 0.388. The molecule has 0 rings (SSSR count). The minimum atomic E-state index is -3.70. The Morgan fingerprint density at radius 3 is 2.33 bits per heavy atom. The van der Waals surface area contributed by atoms with Gasteiger partial charge in [0.15, 0.2) is 14.7 Å². The van der Waals surface area contributed by atoms with Gasteiger partial charge in [-0.15, -0.1) is 0 Å². The minimum absolute atomic E-state index is 0.0612. The van der Waals surface area contributed by atoms with E-state index in [1.54, 1.807) is 0 Å².